The first-order chi connectivity index (χ1) is 13.0. The molecule has 0 bridgehead atoms. The minimum atomic E-state index is -0.495. The Kier molecular flexibility index (Phi) is 4.35. The molecule has 0 saturated heterocycles. The van der Waals surface area contributed by atoms with Gasteiger partial charge in [-0.3, -0.25) is 4.98 Å². The van der Waals surface area contributed by atoms with Crippen LogP contribution in [0.4, 0.5) is 0 Å². The third-order valence-electron chi connectivity index (χ3n) is 4.39. The molecule has 4 rings (SSSR count). The van der Waals surface area contributed by atoms with Crippen LogP contribution in [0.15, 0.2) is 55.0 Å². The van der Waals surface area contributed by atoms with Crippen molar-refractivity contribution in [3.8, 4) is 5.75 Å². The van der Waals surface area contributed by atoms with Gasteiger partial charge < -0.3 is 9.47 Å². The van der Waals surface area contributed by atoms with Crippen LogP contribution in [0.1, 0.15) is 48.0 Å². The van der Waals surface area contributed by atoms with Crippen molar-refractivity contribution < 1.29 is 14.3 Å². The Labute approximate surface area is 156 Å². The van der Waals surface area contributed by atoms with Gasteiger partial charge in [-0.25, -0.2) is 9.48 Å². The van der Waals surface area contributed by atoms with Gasteiger partial charge >= 0.3 is 5.97 Å². The van der Waals surface area contributed by atoms with Gasteiger partial charge in [0.15, 0.2) is 5.69 Å². The number of carbonyl (C=O) groups is 1. The molecule has 0 fully saturated rings. The Bertz CT molecular complexity index is 953. The van der Waals surface area contributed by atoms with Crippen molar-refractivity contribution in [3.63, 3.8) is 0 Å². The summed E-state index contributed by atoms with van der Waals surface area (Å²) in [6, 6.07) is 11.4. The van der Waals surface area contributed by atoms with Crippen LogP contribution in [0.5, 0.6) is 5.75 Å². The quantitative estimate of drug-likeness (QED) is 0.662. The van der Waals surface area contributed by atoms with Crippen LogP contribution < -0.4 is 4.74 Å². The second-order valence-corrected chi connectivity index (χ2v) is 7.16. The largest absolute Gasteiger partial charge is 0.487 e. The van der Waals surface area contributed by atoms with E-state index in [0.29, 0.717) is 13.0 Å². The summed E-state index contributed by atoms with van der Waals surface area (Å²) in [5.74, 6) is 0.247. The maximum Gasteiger partial charge on any atom is 0.361 e. The zero-order chi connectivity index (χ0) is 18.9. The van der Waals surface area contributed by atoms with E-state index in [1.54, 1.807) is 23.3 Å². The van der Waals surface area contributed by atoms with Gasteiger partial charge in [-0.2, -0.15) is 0 Å². The summed E-state index contributed by atoms with van der Waals surface area (Å²) in [5, 5.41) is 7.97. The minimum Gasteiger partial charge on any atom is -0.487 e. The van der Waals surface area contributed by atoms with Crippen LogP contribution >= 0.6 is 0 Å². The van der Waals surface area contributed by atoms with Crippen molar-refractivity contribution in [1.29, 1.82) is 0 Å². The van der Waals surface area contributed by atoms with E-state index >= 15 is 0 Å². The predicted octanol–water partition coefficient (Wildman–Crippen LogP) is 3.18. The number of carbonyl (C=O) groups excluding carboxylic acids is 1. The minimum absolute atomic E-state index is 0.181. The summed E-state index contributed by atoms with van der Waals surface area (Å²) in [4.78, 5) is 16.7. The molecule has 0 spiro atoms. The molecular weight excluding hydrogens is 344 g/mol. The number of fused-ring (bicyclic) bond motifs is 1. The highest BCUT2D eigenvalue weighted by Crippen LogP contribution is 2.41. The summed E-state index contributed by atoms with van der Waals surface area (Å²) < 4.78 is 13.3. The zero-order valence-electron chi connectivity index (χ0n) is 15.2. The van der Waals surface area contributed by atoms with Gasteiger partial charge in [0.25, 0.3) is 0 Å². The molecule has 138 valence electrons. The van der Waals surface area contributed by atoms with E-state index in [1.807, 2.05) is 50.2 Å². The Morgan fingerprint density at radius 1 is 1.30 bits per heavy atom. The number of esters is 1. The Morgan fingerprint density at radius 2 is 2.15 bits per heavy atom. The van der Waals surface area contributed by atoms with E-state index in [0.717, 1.165) is 16.9 Å². The van der Waals surface area contributed by atoms with Crippen molar-refractivity contribution in [3.05, 3.63) is 71.8 Å². The highest BCUT2D eigenvalue weighted by molar-refractivity contribution is 5.87. The van der Waals surface area contributed by atoms with E-state index in [1.165, 1.54) is 0 Å². The monoisotopic (exact) mass is 364 g/mol. The average molecular weight is 364 g/mol. The van der Waals surface area contributed by atoms with Gasteiger partial charge in [0.1, 0.15) is 17.5 Å². The molecule has 0 amide bonds. The number of hydrogen-bond acceptors (Lipinski definition) is 6. The Balaban J connectivity index is 1.50. The van der Waals surface area contributed by atoms with Crippen molar-refractivity contribution in [2.45, 2.75) is 38.5 Å². The van der Waals surface area contributed by atoms with Gasteiger partial charge in [-0.1, -0.05) is 29.5 Å². The number of pyridine rings is 1. The topological polar surface area (TPSA) is 79.1 Å². The molecule has 0 aliphatic carbocycles. The van der Waals surface area contributed by atoms with Gasteiger partial charge in [-0.05, 0) is 31.5 Å². The van der Waals surface area contributed by atoms with Crippen LogP contribution in [-0.2, 0) is 11.3 Å². The fraction of sp³-hybridized carbons (Fsp3) is 0.300. The van der Waals surface area contributed by atoms with E-state index < -0.39 is 11.6 Å². The molecule has 1 aliphatic heterocycles. The van der Waals surface area contributed by atoms with Crippen molar-refractivity contribution in [2.24, 2.45) is 0 Å². The molecule has 1 atom stereocenters. The number of aromatic nitrogens is 4. The van der Waals surface area contributed by atoms with Crippen molar-refractivity contribution in [2.75, 3.05) is 0 Å². The molecule has 0 radical (unpaired) electrons. The molecule has 7 nitrogen and oxygen atoms in total. The fourth-order valence-corrected chi connectivity index (χ4v) is 3.18. The number of benzene rings is 1. The predicted molar refractivity (Wildman–Crippen MR) is 97.3 cm³/mol. The molecule has 27 heavy (non-hydrogen) atoms. The Hall–Kier alpha value is -3.22. The van der Waals surface area contributed by atoms with Gasteiger partial charge in [0, 0.05) is 24.4 Å². The molecule has 0 N–H and O–H groups in total. The molecule has 1 aromatic carbocycles. The summed E-state index contributed by atoms with van der Waals surface area (Å²) in [6.45, 7) is 4.45. The van der Waals surface area contributed by atoms with E-state index in [-0.39, 0.29) is 11.8 Å². The molecule has 0 unspecified atom stereocenters. The average Bonchev–Trinajstić information content (AvgIpc) is 3.10. The third kappa shape index (κ3) is 3.81. The SMILES string of the molecule is CC1(C)C[C@@H](OC(=O)c2cn(Cc3cccnc3)nn2)c2ccccc2O1. The van der Waals surface area contributed by atoms with Crippen molar-refractivity contribution in [1.82, 2.24) is 20.0 Å². The zero-order valence-corrected chi connectivity index (χ0v) is 15.2. The molecule has 3 heterocycles. The first kappa shape index (κ1) is 17.2. The van der Waals surface area contributed by atoms with Crippen LogP contribution in [0.25, 0.3) is 0 Å². The molecule has 1 aliphatic rings. The number of ether oxygens (including phenoxy) is 2. The lowest BCUT2D eigenvalue weighted by atomic mass is 9.91. The normalized spacial score (nSPS) is 17.6. The standard InChI is InChI=1S/C20H20N4O3/c1-20(2)10-18(15-7-3-4-8-17(15)27-20)26-19(25)16-13-24(23-22-16)12-14-6-5-9-21-11-14/h3-9,11,13,18H,10,12H2,1-2H3/t18-/m1/s1. The number of nitrogens with zero attached hydrogens (tertiary/aromatic N) is 4. The second-order valence-electron chi connectivity index (χ2n) is 7.16. The molecule has 2 aromatic heterocycles. The molecule has 7 heteroatoms. The van der Waals surface area contributed by atoms with E-state index in [4.69, 9.17) is 9.47 Å². The highest BCUT2D eigenvalue weighted by Gasteiger charge is 2.36. The van der Waals surface area contributed by atoms with E-state index in [9.17, 15) is 4.79 Å². The van der Waals surface area contributed by atoms with Crippen molar-refractivity contribution >= 4 is 5.97 Å². The second kappa shape index (κ2) is 6.83. The van der Waals surface area contributed by atoms with Gasteiger partial charge in [0.2, 0.25) is 0 Å². The molecular formula is C20H20N4O3. The summed E-state index contributed by atoms with van der Waals surface area (Å²) in [6.07, 6.45) is 5.23. The first-order valence-electron chi connectivity index (χ1n) is 8.78. The van der Waals surface area contributed by atoms with Crippen LogP contribution in [0.2, 0.25) is 0 Å². The fourth-order valence-electron chi connectivity index (χ4n) is 3.18. The van der Waals surface area contributed by atoms with Crippen LogP contribution in [0.3, 0.4) is 0 Å². The van der Waals surface area contributed by atoms with Gasteiger partial charge in [0.05, 0.1) is 12.7 Å². The lowest BCUT2D eigenvalue weighted by molar-refractivity contribution is -0.0165. The highest BCUT2D eigenvalue weighted by atomic mass is 16.6. The number of para-hydroxylation sites is 1. The Morgan fingerprint density at radius 3 is 2.96 bits per heavy atom. The van der Waals surface area contributed by atoms with Crippen LogP contribution in [0, 0.1) is 0 Å². The maximum atomic E-state index is 12.6. The lowest BCUT2D eigenvalue weighted by Gasteiger charge is -2.36. The summed E-state index contributed by atoms with van der Waals surface area (Å²) in [5.41, 5.74) is 1.60. The number of hydrogen-bond donors (Lipinski definition) is 0. The smallest absolute Gasteiger partial charge is 0.361 e. The number of rotatable bonds is 4. The van der Waals surface area contributed by atoms with Crippen LogP contribution in [-0.4, -0.2) is 31.5 Å². The summed E-state index contributed by atoms with van der Waals surface area (Å²) >= 11 is 0. The third-order valence-corrected chi connectivity index (χ3v) is 4.39. The molecule has 3 aromatic rings. The molecule has 0 saturated carbocycles. The van der Waals surface area contributed by atoms with E-state index in [2.05, 4.69) is 15.3 Å². The lowest BCUT2D eigenvalue weighted by Crippen LogP contribution is -2.36. The van der Waals surface area contributed by atoms with Gasteiger partial charge in [-0.15, -0.1) is 5.10 Å². The maximum absolute atomic E-state index is 12.6. The first-order valence-corrected chi connectivity index (χ1v) is 8.78. The summed E-state index contributed by atoms with van der Waals surface area (Å²) in [7, 11) is 0.